The van der Waals surface area contributed by atoms with E-state index in [9.17, 15) is 4.79 Å². The second kappa shape index (κ2) is 7.62. The van der Waals surface area contributed by atoms with Crippen LogP contribution in [-0.4, -0.2) is 79.4 Å². The lowest BCUT2D eigenvalue weighted by molar-refractivity contribution is 0.0145. The molecule has 2 fully saturated rings. The molecule has 1 N–H and O–H groups in total. The third-order valence-electron chi connectivity index (χ3n) is 4.28. The van der Waals surface area contributed by atoms with Gasteiger partial charge in [-0.15, -0.1) is 0 Å². The van der Waals surface area contributed by atoms with Crippen LogP contribution >= 0.6 is 0 Å². The number of piperidine rings is 1. The van der Waals surface area contributed by atoms with E-state index in [2.05, 4.69) is 22.4 Å². The fraction of sp³-hybridized carbons (Fsp3) is 0.938. The number of carbonyl (C=O) groups is 1. The summed E-state index contributed by atoms with van der Waals surface area (Å²) in [5, 5.41) is 2.31. The number of likely N-dealkylation sites (N-methyl/N-ethyl adjacent to an activating group) is 1. The van der Waals surface area contributed by atoms with Crippen molar-refractivity contribution in [1.29, 1.82) is 0 Å². The zero-order chi connectivity index (χ0) is 16.2. The maximum Gasteiger partial charge on any atom is 0.410 e. The molecule has 0 spiro atoms. The van der Waals surface area contributed by atoms with E-state index in [1.165, 1.54) is 6.42 Å². The average Bonchev–Trinajstić information content (AvgIpc) is 2.45. The van der Waals surface area contributed by atoms with E-state index in [1.807, 2.05) is 25.7 Å². The molecule has 128 valence electrons. The van der Waals surface area contributed by atoms with Gasteiger partial charge in [-0.05, 0) is 46.6 Å². The minimum absolute atomic E-state index is 0.170. The Kier molecular flexibility index (Phi) is 6.06. The van der Waals surface area contributed by atoms with Crippen molar-refractivity contribution >= 4 is 6.09 Å². The van der Waals surface area contributed by atoms with Crippen LogP contribution in [0.1, 0.15) is 33.6 Å². The van der Waals surface area contributed by atoms with Crippen LogP contribution in [0.5, 0.6) is 0 Å². The number of likely N-dealkylation sites (tertiary alicyclic amines) is 1. The first-order valence-electron chi connectivity index (χ1n) is 8.48. The minimum atomic E-state index is -0.415. The molecule has 1 atom stereocenters. The highest BCUT2D eigenvalue weighted by Gasteiger charge is 2.27. The molecule has 6 nitrogen and oxygen atoms in total. The number of rotatable bonds is 3. The molecule has 2 aliphatic rings. The quantitative estimate of drug-likeness (QED) is 0.853. The first-order chi connectivity index (χ1) is 10.3. The highest BCUT2D eigenvalue weighted by atomic mass is 16.6. The fourth-order valence-corrected chi connectivity index (χ4v) is 2.95. The predicted octanol–water partition coefficient (Wildman–Crippen LogP) is 1.39. The highest BCUT2D eigenvalue weighted by Crippen LogP contribution is 2.19. The Hall–Kier alpha value is -0.850. The van der Waals surface area contributed by atoms with Gasteiger partial charge in [0.15, 0.2) is 0 Å². The molecular weight excluding hydrogens is 280 g/mol. The van der Waals surface area contributed by atoms with Crippen molar-refractivity contribution in [3.63, 3.8) is 0 Å². The molecule has 0 saturated carbocycles. The van der Waals surface area contributed by atoms with Crippen molar-refractivity contribution in [3.05, 3.63) is 0 Å². The van der Waals surface area contributed by atoms with Gasteiger partial charge in [-0.2, -0.15) is 0 Å². The molecule has 0 aromatic carbocycles. The van der Waals surface area contributed by atoms with E-state index < -0.39 is 5.60 Å². The van der Waals surface area contributed by atoms with Gasteiger partial charge in [-0.25, -0.2) is 9.80 Å². The summed E-state index contributed by atoms with van der Waals surface area (Å²) in [5.41, 5.74) is 3.13. The van der Waals surface area contributed by atoms with Crippen molar-refractivity contribution in [2.45, 2.75) is 39.2 Å². The summed E-state index contributed by atoms with van der Waals surface area (Å²) in [4.78, 5) is 16.4. The van der Waals surface area contributed by atoms with Crippen molar-refractivity contribution in [3.8, 4) is 0 Å². The largest absolute Gasteiger partial charge is 0.444 e. The Labute approximate surface area is 134 Å². The van der Waals surface area contributed by atoms with Crippen LogP contribution in [0.4, 0.5) is 4.79 Å². The fourth-order valence-electron chi connectivity index (χ4n) is 2.95. The third kappa shape index (κ3) is 5.74. The summed E-state index contributed by atoms with van der Waals surface area (Å²) in [7, 11) is 2.16. The second-order valence-electron chi connectivity index (χ2n) is 7.59. The summed E-state index contributed by atoms with van der Waals surface area (Å²) in [6.07, 6.45) is 2.07. The lowest BCUT2D eigenvalue weighted by atomic mass is 9.98. The van der Waals surface area contributed by atoms with Crippen LogP contribution in [0.2, 0.25) is 0 Å². The molecule has 2 aliphatic heterocycles. The standard InChI is InChI=1S/C16H32N4O2/c1-16(2,3)22-15(21)19-7-5-6-14(13-19)12-17-20-10-8-18(4)9-11-20/h14,17H,5-13H2,1-4H3. The Morgan fingerprint density at radius 2 is 1.86 bits per heavy atom. The normalized spacial score (nSPS) is 25.3. The lowest BCUT2D eigenvalue weighted by Crippen LogP contribution is -2.53. The number of carbonyl (C=O) groups excluding carboxylic acids is 1. The molecule has 0 radical (unpaired) electrons. The van der Waals surface area contributed by atoms with E-state index in [4.69, 9.17) is 4.74 Å². The van der Waals surface area contributed by atoms with Gasteiger partial charge in [0.05, 0.1) is 0 Å². The number of nitrogens with one attached hydrogen (secondary N) is 1. The maximum absolute atomic E-state index is 12.2. The summed E-state index contributed by atoms with van der Waals surface area (Å²) in [5.74, 6) is 0.515. The van der Waals surface area contributed by atoms with Crippen LogP contribution in [0, 0.1) is 5.92 Å². The van der Waals surface area contributed by atoms with Crippen molar-refractivity contribution in [2.75, 3.05) is 52.9 Å². The molecular formula is C16H32N4O2. The monoisotopic (exact) mass is 312 g/mol. The zero-order valence-corrected chi connectivity index (χ0v) is 14.6. The van der Waals surface area contributed by atoms with Crippen molar-refractivity contribution in [2.24, 2.45) is 5.92 Å². The summed E-state index contributed by atoms with van der Waals surface area (Å²) < 4.78 is 5.48. The average molecular weight is 312 g/mol. The summed E-state index contributed by atoms with van der Waals surface area (Å²) in [6, 6.07) is 0. The van der Waals surface area contributed by atoms with Crippen LogP contribution in [0.15, 0.2) is 0 Å². The van der Waals surface area contributed by atoms with Gasteiger partial charge < -0.3 is 14.5 Å². The van der Waals surface area contributed by atoms with Gasteiger partial charge >= 0.3 is 6.09 Å². The molecule has 22 heavy (non-hydrogen) atoms. The van der Waals surface area contributed by atoms with E-state index in [1.54, 1.807) is 0 Å². The molecule has 1 amide bonds. The topological polar surface area (TPSA) is 48.0 Å². The first-order valence-corrected chi connectivity index (χ1v) is 8.48. The molecule has 2 saturated heterocycles. The van der Waals surface area contributed by atoms with Crippen LogP contribution in [0.25, 0.3) is 0 Å². The SMILES string of the molecule is CN1CCN(NCC2CCCN(C(=O)OC(C)(C)C)C2)CC1. The smallest absolute Gasteiger partial charge is 0.410 e. The molecule has 0 aromatic rings. The molecule has 0 aromatic heterocycles. The summed E-state index contributed by atoms with van der Waals surface area (Å²) in [6.45, 7) is 12.7. The number of piperazine rings is 1. The van der Waals surface area contributed by atoms with E-state index in [-0.39, 0.29) is 6.09 Å². The van der Waals surface area contributed by atoms with Crippen LogP contribution < -0.4 is 5.43 Å². The lowest BCUT2D eigenvalue weighted by Gasteiger charge is -2.37. The minimum Gasteiger partial charge on any atom is -0.444 e. The Morgan fingerprint density at radius 3 is 2.50 bits per heavy atom. The van der Waals surface area contributed by atoms with Gasteiger partial charge in [0.1, 0.15) is 5.60 Å². The number of amides is 1. The Bertz CT molecular complexity index is 362. The molecule has 0 bridgehead atoms. The second-order valence-corrected chi connectivity index (χ2v) is 7.59. The van der Waals surface area contributed by atoms with Gasteiger partial charge in [0.25, 0.3) is 0 Å². The highest BCUT2D eigenvalue weighted by molar-refractivity contribution is 5.68. The number of nitrogens with zero attached hydrogens (tertiary/aromatic N) is 3. The maximum atomic E-state index is 12.2. The van der Waals surface area contributed by atoms with E-state index in [0.717, 1.165) is 52.2 Å². The van der Waals surface area contributed by atoms with E-state index >= 15 is 0 Å². The first kappa shape index (κ1) is 17.5. The summed E-state index contributed by atoms with van der Waals surface area (Å²) >= 11 is 0. The van der Waals surface area contributed by atoms with Gasteiger partial charge in [-0.3, -0.25) is 5.43 Å². The number of hydrogen-bond acceptors (Lipinski definition) is 5. The number of hydrazine groups is 1. The number of hydrogen-bond donors (Lipinski definition) is 1. The molecule has 1 unspecified atom stereocenters. The van der Waals surface area contributed by atoms with Gasteiger partial charge in [0, 0.05) is 45.8 Å². The third-order valence-corrected chi connectivity index (χ3v) is 4.28. The van der Waals surface area contributed by atoms with Gasteiger partial charge in [0.2, 0.25) is 0 Å². The van der Waals surface area contributed by atoms with Crippen molar-refractivity contribution < 1.29 is 9.53 Å². The zero-order valence-electron chi connectivity index (χ0n) is 14.6. The van der Waals surface area contributed by atoms with Crippen LogP contribution in [-0.2, 0) is 4.74 Å². The molecule has 0 aliphatic carbocycles. The van der Waals surface area contributed by atoms with Crippen molar-refractivity contribution in [1.82, 2.24) is 20.2 Å². The van der Waals surface area contributed by atoms with Gasteiger partial charge in [-0.1, -0.05) is 0 Å². The molecule has 2 rings (SSSR count). The Balaban J connectivity index is 1.72. The molecule has 6 heteroatoms. The van der Waals surface area contributed by atoms with Crippen LogP contribution in [0.3, 0.4) is 0 Å². The van der Waals surface area contributed by atoms with E-state index in [0.29, 0.717) is 5.92 Å². The molecule has 2 heterocycles. The Morgan fingerprint density at radius 1 is 1.18 bits per heavy atom. The predicted molar refractivity (Wildman–Crippen MR) is 87.6 cm³/mol. The number of ether oxygens (including phenoxy) is 1.